The first-order valence-electron chi connectivity index (χ1n) is 7.42. The Morgan fingerprint density at radius 1 is 1.33 bits per heavy atom. The van der Waals surface area contributed by atoms with Gasteiger partial charge in [0.15, 0.2) is 5.82 Å². The zero-order valence-corrected chi connectivity index (χ0v) is 13.7. The third kappa shape index (κ3) is 4.11. The first-order chi connectivity index (χ1) is 10.1. The van der Waals surface area contributed by atoms with Crippen LogP contribution in [0, 0.1) is 4.77 Å². The second kappa shape index (κ2) is 7.31. The van der Waals surface area contributed by atoms with Gasteiger partial charge in [-0.15, -0.1) is 0 Å². The molecule has 1 aromatic heterocycles. The van der Waals surface area contributed by atoms with Crippen molar-refractivity contribution in [3.8, 4) is 0 Å². The van der Waals surface area contributed by atoms with Gasteiger partial charge in [0.1, 0.15) is 0 Å². The molecule has 0 saturated heterocycles. The number of aromatic nitrogens is 3. The highest BCUT2D eigenvalue weighted by Crippen LogP contribution is 2.14. The number of hydrogen-bond donors (Lipinski definition) is 1. The van der Waals surface area contributed by atoms with Crippen LogP contribution in [0.5, 0.6) is 0 Å². The number of aryl methyl sites for hydroxylation is 1. The van der Waals surface area contributed by atoms with Crippen LogP contribution < -0.4 is 0 Å². The van der Waals surface area contributed by atoms with Crippen molar-refractivity contribution in [2.24, 2.45) is 5.10 Å². The lowest BCUT2D eigenvalue weighted by Gasteiger charge is -2.04. The monoisotopic (exact) mass is 302 g/mol. The number of benzene rings is 1. The molecule has 0 aliphatic carbocycles. The fourth-order valence-electron chi connectivity index (χ4n) is 2.03. The maximum absolute atomic E-state index is 5.22. The molecular weight excluding hydrogens is 280 g/mol. The lowest BCUT2D eigenvalue weighted by molar-refractivity contribution is 0.700. The van der Waals surface area contributed by atoms with E-state index in [0.717, 1.165) is 30.7 Å². The molecule has 0 atom stereocenters. The van der Waals surface area contributed by atoms with Crippen molar-refractivity contribution in [3.05, 3.63) is 46.0 Å². The molecule has 0 amide bonds. The third-order valence-corrected chi connectivity index (χ3v) is 3.66. The van der Waals surface area contributed by atoms with Gasteiger partial charge in [-0.25, -0.2) is 0 Å². The molecule has 112 valence electrons. The van der Waals surface area contributed by atoms with Crippen molar-refractivity contribution in [1.29, 1.82) is 0 Å². The summed E-state index contributed by atoms with van der Waals surface area (Å²) in [5.74, 6) is 1.43. The number of unbranched alkanes of at least 4 members (excludes halogenated alkanes) is 1. The van der Waals surface area contributed by atoms with Gasteiger partial charge in [-0.1, -0.05) is 51.5 Å². The van der Waals surface area contributed by atoms with Crippen LogP contribution in [-0.2, 0) is 6.42 Å². The van der Waals surface area contributed by atoms with Gasteiger partial charge in [-0.2, -0.15) is 14.9 Å². The molecule has 2 rings (SSSR count). The van der Waals surface area contributed by atoms with E-state index in [-0.39, 0.29) is 0 Å². The molecule has 2 aromatic rings. The maximum Gasteiger partial charge on any atom is 0.216 e. The van der Waals surface area contributed by atoms with Crippen molar-refractivity contribution >= 4 is 18.4 Å². The molecule has 1 N–H and O–H groups in total. The van der Waals surface area contributed by atoms with E-state index in [1.165, 1.54) is 5.56 Å². The van der Waals surface area contributed by atoms with Crippen LogP contribution >= 0.6 is 12.2 Å². The van der Waals surface area contributed by atoms with Gasteiger partial charge in [-0.05, 0) is 35.7 Å². The molecule has 1 aromatic carbocycles. The second-order valence-corrected chi connectivity index (χ2v) is 5.81. The van der Waals surface area contributed by atoms with E-state index in [2.05, 4.69) is 60.3 Å². The normalized spacial score (nSPS) is 11.6. The number of nitrogens with one attached hydrogen (secondary N) is 1. The molecule has 0 saturated carbocycles. The van der Waals surface area contributed by atoms with Gasteiger partial charge in [-0.3, -0.25) is 5.10 Å². The van der Waals surface area contributed by atoms with Crippen LogP contribution in [0.15, 0.2) is 29.4 Å². The minimum Gasteiger partial charge on any atom is -0.250 e. The average molecular weight is 302 g/mol. The zero-order valence-electron chi connectivity index (χ0n) is 12.8. The standard InChI is InChI=1S/C16H22N4S/c1-4-5-6-15-18-19-16(21)20(15)17-11-13-7-9-14(10-8-13)12(2)3/h7-12H,4-6H2,1-3H3,(H,19,21)/b17-11-. The van der Waals surface area contributed by atoms with E-state index in [1.54, 1.807) is 4.68 Å². The van der Waals surface area contributed by atoms with Gasteiger partial charge in [0.2, 0.25) is 4.77 Å². The first-order valence-corrected chi connectivity index (χ1v) is 7.83. The molecular formula is C16H22N4S. The molecule has 0 aliphatic heterocycles. The molecule has 1 heterocycles. The number of hydrogen-bond acceptors (Lipinski definition) is 3. The topological polar surface area (TPSA) is 46.0 Å². The SMILES string of the molecule is CCCCc1n[nH]c(=S)n1/N=C\c1ccc(C(C)C)cc1. The van der Waals surface area contributed by atoms with Crippen molar-refractivity contribution in [3.63, 3.8) is 0 Å². The van der Waals surface area contributed by atoms with E-state index in [1.807, 2.05) is 6.21 Å². The summed E-state index contributed by atoms with van der Waals surface area (Å²) in [6, 6.07) is 8.43. The van der Waals surface area contributed by atoms with Crippen LogP contribution in [-0.4, -0.2) is 21.1 Å². The number of rotatable bonds is 6. The second-order valence-electron chi connectivity index (χ2n) is 5.43. The van der Waals surface area contributed by atoms with Crippen LogP contribution in [0.3, 0.4) is 0 Å². The van der Waals surface area contributed by atoms with Crippen molar-refractivity contribution in [2.75, 3.05) is 0 Å². The minimum absolute atomic E-state index is 0.538. The van der Waals surface area contributed by atoms with Crippen molar-refractivity contribution < 1.29 is 0 Å². The molecule has 0 unspecified atom stereocenters. The van der Waals surface area contributed by atoms with Gasteiger partial charge in [0.05, 0.1) is 6.21 Å². The van der Waals surface area contributed by atoms with E-state index in [0.29, 0.717) is 10.7 Å². The quantitative estimate of drug-likeness (QED) is 0.639. The molecule has 21 heavy (non-hydrogen) atoms. The maximum atomic E-state index is 5.22. The number of nitrogens with zero attached hydrogens (tertiary/aromatic N) is 3. The Bertz CT molecular complexity index is 650. The summed E-state index contributed by atoms with van der Waals surface area (Å²) < 4.78 is 2.25. The third-order valence-electron chi connectivity index (χ3n) is 3.40. The van der Waals surface area contributed by atoms with E-state index in [4.69, 9.17) is 12.2 Å². The lowest BCUT2D eigenvalue weighted by atomic mass is 10.0. The largest absolute Gasteiger partial charge is 0.250 e. The van der Waals surface area contributed by atoms with Crippen LogP contribution in [0.4, 0.5) is 0 Å². The summed E-state index contributed by atoms with van der Waals surface area (Å²) >= 11 is 5.22. The summed E-state index contributed by atoms with van der Waals surface area (Å²) in [6.07, 6.45) is 4.91. The van der Waals surface area contributed by atoms with Crippen molar-refractivity contribution in [2.45, 2.75) is 46.0 Å². The first kappa shape index (κ1) is 15.6. The van der Waals surface area contributed by atoms with Gasteiger partial charge >= 0.3 is 0 Å². The van der Waals surface area contributed by atoms with Crippen LogP contribution in [0.2, 0.25) is 0 Å². The Labute approximate surface area is 130 Å². The molecule has 5 heteroatoms. The predicted octanol–water partition coefficient (Wildman–Crippen LogP) is 4.29. The minimum atomic E-state index is 0.538. The fraction of sp³-hybridized carbons (Fsp3) is 0.438. The molecule has 0 radical (unpaired) electrons. The Balaban J connectivity index is 2.17. The molecule has 4 nitrogen and oxygen atoms in total. The number of H-pyrrole nitrogens is 1. The Morgan fingerprint density at radius 2 is 2.05 bits per heavy atom. The summed E-state index contributed by atoms with van der Waals surface area (Å²) in [5, 5.41) is 11.5. The Kier molecular flexibility index (Phi) is 5.44. The van der Waals surface area contributed by atoms with Crippen LogP contribution in [0.1, 0.15) is 56.5 Å². The van der Waals surface area contributed by atoms with Crippen molar-refractivity contribution in [1.82, 2.24) is 14.9 Å². The predicted molar refractivity (Wildman–Crippen MR) is 89.5 cm³/mol. The van der Waals surface area contributed by atoms with Gasteiger partial charge in [0.25, 0.3) is 0 Å². The Hall–Kier alpha value is -1.75. The van der Waals surface area contributed by atoms with E-state index in [9.17, 15) is 0 Å². The molecule has 0 spiro atoms. The highest BCUT2D eigenvalue weighted by molar-refractivity contribution is 7.71. The Morgan fingerprint density at radius 3 is 2.67 bits per heavy atom. The lowest BCUT2D eigenvalue weighted by Crippen LogP contribution is -1.99. The van der Waals surface area contributed by atoms with Gasteiger partial charge < -0.3 is 0 Å². The number of aromatic amines is 1. The summed E-state index contributed by atoms with van der Waals surface area (Å²) in [4.78, 5) is 0. The van der Waals surface area contributed by atoms with Crippen LogP contribution in [0.25, 0.3) is 0 Å². The molecule has 0 bridgehead atoms. The van der Waals surface area contributed by atoms with Gasteiger partial charge in [0, 0.05) is 6.42 Å². The summed E-state index contributed by atoms with van der Waals surface area (Å²) in [7, 11) is 0. The summed E-state index contributed by atoms with van der Waals surface area (Å²) in [5.41, 5.74) is 2.39. The summed E-state index contributed by atoms with van der Waals surface area (Å²) in [6.45, 7) is 6.53. The fourth-order valence-corrected chi connectivity index (χ4v) is 2.23. The highest BCUT2D eigenvalue weighted by Gasteiger charge is 2.04. The molecule has 0 fully saturated rings. The van der Waals surface area contributed by atoms with E-state index < -0.39 is 0 Å². The average Bonchev–Trinajstić information content (AvgIpc) is 2.83. The molecule has 0 aliphatic rings. The highest BCUT2D eigenvalue weighted by atomic mass is 32.1. The smallest absolute Gasteiger partial charge is 0.216 e. The zero-order chi connectivity index (χ0) is 15.2. The van der Waals surface area contributed by atoms with E-state index >= 15 is 0 Å².